The van der Waals surface area contributed by atoms with Gasteiger partial charge in [-0.1, -0.05) is 29.5 Å². The maximum atomic E-state index is 12.9. The molecule has 29 heavy (non-hydrogen) atoms. The molecule has 5 rings (SSSR count). The predicted molar refractivity (Wildman–Crippen MR) is 110 cm³/mol. The molecule has 3 aromatic heterocycles. The molecular formula is C21H18N4O3S. The number of fused-ring (bicyclic) bond motifs is 2. The average molecular weight is 406 g/mol. The van der Waals surface area contributed by atoms with E-state index < -0.39 is 0 Å². The van der Waals surface area contributed by atoms with Crippen LogP contribution < -0.4 is 5.32 Å². The zero-order valence-electron chi connectivity index (χ0n) is 15.5. The number of thiazole rings is 1. The van der Waals surface area contributed by atoms with Crippen molar-refractivity contribution in [3.8, 4) is 0 Å². The largest absolute Gasteiger partial charge is 0.472 e. The van der Waals surface area contributed by atoms with E-state index in [-0.39, 0.29) is 11.8 Å². The Morgan fingerprint density at radius 3 is 3.03 bits per heavy atom. The number of nitrogens with zero attached hydrogens (tertiary/aromatic N) is 2. The molecule has 0 atom stereocenters. The van der Waals surface area contributed by atoms with Crippen LogP contribution in [0.25, 0.3) is 10.9 Å². The smallest absolute Gasteiger partial charge is 0.260 e. The Morgan fingerprint density at radius 2 is 2.17 bits per heavy atom. The van der Waals surface area contributed by atoms with Crippen molar-refractivity contribution in [3.05, 3.63) is 70.8 Å². The molecule has 2 N–H and O–H groups in total. The molecule has 0 spiro atoms. The second-order valence-electron chi connectivity index (χ2n) is 6.96. The molecule has 1 aliphatic heterocycles. The van der Waals surface area contributed by atoms with Gasteiger partial charge in [-0.05, 0) is 17.7 Å². The first-order valence-corrected chi connectivity index (χ1v) is 10.1. The summed E-state index contributed by atoms with van der Waals surface area (Å²) in [5.41, 5.74) is 3.45. The molecule has 1 aromatic carbocycles. The zero-order chi connectivity index (χ0) is 19.8. The predicted octanol–water partition coefficient (Wildman–Crippen LogP) is 3.60. The van der Waals surface area contributed by atoms with E-state index in [9.17, 15) is 9.59 Å². The number of benzene rings is 1. The number of rotatable bonds is 4. The minimum atomic E-state index is -0.253. The molecule has 2 amide bonds. The SMILES string of the molecule is O=C(Nc1nc2c(s1)CN(C(=O)Cc1c[nH]c3ccccc13)CC2)c1ccoc1. The number of amides is 2. The number of aromatic amines is 1. The fourth-order valence-electron chi connectivity index (χ4n) is 3.58. The van der Waals surface area contributed by atoms with Gasteiger partial charge in [0, 0.05) is 34.9 Å². The van der Waals surface area contributed by atoms with E-state index in [1.165, 1.54) is 23.9 Å². The molecule has 7 nitrogen and oxygen atoms in total. The summed E-state index contributed by atoms with van der Waals surface area (Å²) in [4.78, 5) is 35.7. The van der Waals surface area contributed by atoms with Crippen molar-refractivity contribution in [3.63, 3.8) is 0 Å². The van der Waals surface area contributed by atoms with Crippen LogP contribution in [0.3, 0.4) is 0 Å². The Morgan fingerprint density at radius 1 is 1.28 bits per heavy atom. The van der Waals surface area contributed by atoms with Crippen LogP contribution >= 0.6 is 11.3 Å². The molecule has 0 bridgehead atoms. The number of aromatic nitrogens is 2. The normalized spacial score (nSPS) is 13.4. The van der Waals surface area contributed by atoms with Gasteiger partial charge in [0.05, 0.1) is 30.5 Å². The quantitative estimate of drug-likeness (QED) is 0.542. The van der Waals surface area contributed by atoms with Crippen molar-refractivity contribution in [1.29, 1.82) is 0 Å². The average Bonchev–Trinajstić information content (AvgIpc) is 3.47. The highest BCUT2D eigenvalue weighted by Gasteiger charge is 2.25. The summed E-state index contributed by atoms with van der Waals surface area (Å²) in [5.74, 6) is -0.157. The first-order valence-electron chi connectivity index (χ1n) is 9.32. The highest BCUT2D eigenvalue weighted by molar-refractivity contribution is 7.15. The molecule has 4 aromatic rings. The monoisotopic (exact) mass is 406 g/mol. The number of hydrogen-bond acceptors (Lipinski definition) is 5. The summed E-state index contributed by atoms with van der Waals surface area (Å²) in [6.07, 6.45) is 5.82. The standard InChI is InChI=1S/C21H18N4O3S/c26-19(9-14-10-22-16-4-2-1-3-15(14)16)25-7-5-17-18(11-25)29-21(23-17)24-20(27)13-6-8-28-12-13/h1-4,6,8,10,12,22H,5,7,9,11H2,(H,23,24,27). The lowest BCUT2D eigenvalue weighted by Gasteiger charge is -2.26. The molecule has 0 unspecified atom stereocenters. The van der Waals surface area contributed by atoms with Crippen LogP contribution in [0.5, 0.6) is 0 Å². The van der Waals surface area contributed by atoms with Gasteiger partial charge in [0.25, 0.3) is 5.91 Å². The Balaban J connectivity index is 1.27. The highest BCUT2D eigenvalue weighted by Crippen LogP contribution is 2.29. The van der Waals surface area contributed by atoms with Crippen molar-refractivity contribution < 1.29 is 14.0 Å². The molecule has 0 fully saturated rings. The van der Waals surface area contributed by atoms with E-state index in [4.69, 9.17) is 4.42 Å². The number of carbonyl (C=O) groups excluding carboxylic acids is 2. The van der Waals surface area contributed by atoms with E-state index in [2.05, 4.69) is 15.3 Å². The number of furan rings is 1. The third-order valence-electron chi connectivity index (χ3n) is 5.10. The van der Waals surface area contributed by atoms with Crippen LogP contribution in [-0.4, -0.2) is 33.2 Å². The minimum absolute atomic E-state index is 0.0952. The van der Waals surface area contributed by atoms with Crippen LogP contribution in [0, 0.1) is 0 Å². The molecule has 0 saturated heterocycles. The van der Waals surface area contributed by atoms with Gasteiger partial charge in [-0.2, -0.15) is 0 Å². The van der Waals surface area contributed by atoms with Gasteiger partial charge < -0.3 is 14.3 Å². The van der Waals surface area contributed by atoms with Crippen LogP contribution in [0.15, 0.2) is 53.5 Å². The third-order valence-corrected chi connectivity index (χ3v) is 6.10. The zero-order valence-corrected chi connectivity index (χ0v) is 16.3. The minimum Gasteiger partial charge on any atom is -0.472 e. The second kappa shape index (κ2) is 7.21. The lowest BCUT2D eigenvalue weighted by Crippen LogP contribution is -2.36. The van der Waals surface area contributed by atoms with Crippen molar-refractivity contribution in [2.24, 2.45) is 0 Å². The summed E-state index contributed by atoms with van der Waals surface area (Å²) in [5, 5.41) is 4.44. The van der Waals surface area contributed by atoms with Crippen LogP contribution in [0.2, 0.25) is 0 Å². The van der Waals surface area contributed by atoms with Gasteiger partial charge in [0.2, 0.25) is 5.91 Å². The molecular weight excluding hydrogens is 388 g/mol. The number of nitrogens with one attached hydrogen (secondary N) is 2. The first kappa shape index (κ1) is 17.7. The maximum absolute atomic E-state index is 12.9. The van der Waals surface area contributed by atoms with Gasteiger partial charge in [-0.15, -0.1) is 0 Å². The van der Waals surface area contributed by atoms with E-state index in [1.807, 2.05) is 35.4 Å². The van der Waals surface area contributed by atoms with Gasteiger partial charge in [0.15, 0.2) is 5.13 Å². The van der Waals surface area contributed by atoms with Crippen molar-refractivity contribution >= 4 is 39.2 Å². The molecule has 0 radical (unpaired) electrons. The summed E-state index contributed by atoms with van der Waals surface area (Å²) in [6, 6.07) is 9.60. The highest BCUT2D eigenvalue weighted by atomic mass is 32.1. The van der Waals surface area contributed by atoms with Gasteiger partial charge in [-0.25, -0.2) is 4.98 Å². The molecule has 0 aliphatic carbocycles. The number of para-hydroxylation sites is 1. The molecule has 0 saturated carbocycles. The lowest BCUT2D eigenvalue weighted by molar-refractivity contribution is -0.131. The maximum Gasteiger partial charge on any atom is 0.260 e. The first-order chi connectivity index (χ1) is 14.2. The van der Waals surface area contributed by atoms with Gasteiger partial charge in [-0.3, -0.25) is 14.9 Å². The number of H-pyrrole nitrogens is 1. The molecule has 4 heterocycles. The molecule has 146 valence electrons. The lowest BCUT2D eigenvalue weighted by atomic mass is 10.1. The summed E-state index contributed by atoms with van der Waals surface area (Å²) in [7, 11) is 0. The Labute approximate surface area is 170 Å². The van der Waals surface area contributed by atoms with E-state index >= 15 is 0 Å². The van der Waals surface area contributed by atoms with Gasteiger partial charge >= 0.3 is 0 Å². The molecule has 1 aliphatic rings. The summed E-state index contributed by atoms with van der Waals surface area (Å²) in [6.45, 7) is 1.16. The fourth-order valence-corrected chi connectivity index (χ4v) is 4.60. The van der Waals surface area contributed by atoms with Crippen molar-refractivity contribution in [2.75, 3.05) is 11.9 Å². The van der Waals surface area contributed by atoms with Crippen LogP contribution in [0.1, 0.15) is 26.5 Å². The van der Waals surface area contributed by atoms with E-state index in [0.29, 0.717) is 36.6 Å². The van der Waals surface area contributed by atoms with Crippen molar-refractivity contribution in [1.82, 2.24) is 14.9 Å². The van der Waals surface area contributed by atoms with Crippen molar-refractivity contribution in [2.45, 2.75) is 19.4 Å². The fraction of sp³-hybridized carbons (Fsp3) is 0.190. The van der Waals surface area contributed by atoms with E-state index in [0.717, 1.165) is 27.0 Å². The second-order valence-corrected chi connectivity index (χ2v) is 8.04. The Hall–Kier alpha value is -3.39. The van der Waals surface area contributed by atoms with E-state index in [1.54, 1.807) is 6.07 Å². The molecule has 8 heteroatoms. The van der Waals surface area contributed by atoms with Gasteiger partial charge in [0.1, 0.15) is 6.26 Å². The van der Waals surface area contributed by atoms with Crippen LogP contribution in [-0.2, 0) is 24.2 Å². The van der Waals surface area contributed by atoms with Crippen LogP contribution in [0.4, 0.5) is 5.13 Å². The number of hydrogen-bond donors (Lipinski definition) is 2. The number of anilines is 1. The Bertz CT molecular complexity index is 1190. The third kappa shape index (κ3) is 3.42. The summed E-state index contributed by atoms with van der Waals surface area (Å²) >= 11 is 1.42. The Kier molecular flexibility index (Phi) is 4.40. The topological polar surface area (TPSA) is 91.2 Å². The number of carbonyl (C=O) groups is 2. The summed E-state index contributed by atoms with van der Waals surface area (Å²) < 4.78 is 4.94.